The number of piperazine rings is 3. The molecule has 0 aromatic heterocycles. The molecule has 5 rings (SSSR count). The van der Waals surface area contributed by atoms with Crippen LogP contribution in [0.3, 0.4) is 0 Å². The van der Waals surface area contributed by atoms with Crippen LogP contribution in [0.15, 0.2) is 4.99 Å². The topological polar surface area (TPSA) is 37.4 Å². The summed E-state index contributed by atoms with van der Waals surface area (Å²) in [7, 11) is 1.93. The van der Waals surface area contributed by atoms with E-state index in [1.54, 1.807) is 0 Å². The monoisotopic (exact) mass is 320 g/mol. The predicted molar refractivity (Wildman–Crippen MR) is 93.9 cm³/mol. The molecule has 2 atom stereocenters. The molecular formula is C17H32N6. The molecule has 5 saturated heterocycles. The summed E-state index contributed by atoms with van der Waals surface area (Å²) < 4.78 is 0. The number of guanidine groups is 1. The van der Waals surface area contributed by atoms with Crippen molar-refractivity contribution in [3.05, 3.63) is 0 Å². The van der Waals surface area contributed by atoms with E-state index in [0.29, 0.717) is 6.04 Å². The number of aliphatic imine (C=N–C) groups is 1. The first kappa shape index (κ1) is 15.7. The van der Waals surface area contributed by atoms with Gasteiger partial charge in [0.1, 0.15) is 0 Å². The molecule has 0 saturated carbocycles. The summed E-state index contributed by atoms with van der Waals surface area (Å²) in [5.74, 6) is 1.12. The van der Waals surface area contributed by atoms with Gasteiger partial charge in [-0.15, -0.1) is 0 Å². The van der Waals surface area contributed by atoms with Gasteiger partial charge >= 0.3 is 0 Å². The van der Waals surface area contributed by atoms with Crippen LogP contribution >= 0.6 is 0 Å². The van der Waals surface area contributed by atoms with Gasteiger partial charge in [0.2, 0.25) is 0 Å². The molecule has 0 aromatic carbocycles. The molecule has 0 aliphatic carbocycles. The number of fused-ring (bicyclic) bond motifs is 3. The minimum absolute atomic E-state index is 0.659. The zero-order valence-corrected chi connectivity index (χ0v) is 14.6. The van der Waals surface area contributed by atoms with E-state index in [4.69, 9.17) is 0 Å². The second-order valence-electron chi connectivity index (χ2n) is 7.55. The molecule has 2 unspecified atom stereocenters. The van der Waals surface area contributed by atoms with E-state index in [2.05, 4.69) is 29.9 Å². The maximum Gasteiger partial charge on any atom is 0.193 e. The fraction of sp³-hybridized carbons (Fsp3) is 0.941. The van der Waals surface area contributed by atoms with Crippen molar-refractivity contribution in [1.29, 1.82) is 0 Å². The molecule has 1 N–H and O–H groups in total. The maximum atomic E-state index is 4.56. The van der Waals surface area contributed by atoms with Crippen LogP contribution in [0.1, 0.15) is 19.3 Å². The van der Waals surface area contributed by atoms with Crippen LogP contribution in [0.4, 0.5) is 0 Å². The molecule has 23 heavy (non-hydrogen) atoms. The average Bonchev–Trinajstić information content (AvgIpc) is 3.28. The minimum Gasteiger partial charge on any atom is -0.355 e. The van der Waals surface area contributed by atoms with Crippen LogP contribution in [0.25, 0.3) is 0 Å². The minimum atomic E-state index is 0.659. The van der Waals surface area contributed by atoms with Gasteiger partial charge in [-0.3, -0.25) is 19.7 Å². The Morgan fingerprint density at radius 3 is 2.39 bits per heavy atom. The van der Waals surface area contributed by atoms with Crippen LogP contribution in [0, 0.1) is 0 Å². The Morgan fingerprint density at radius 1 is 0.957 bits per heavy atom. The van der Waals surface area contributed by atoms with Crippen molar-refractivity contribution in [3.63, 3.8) is 0 Å². The highest BCUT2D eigenvalue weighted by Gasteiger charge is 2.33. The normalized spacial score (nSPS) is 38.5. The first-order chi connectivity index (χ1) is 11.3. The second kappa shape index (κ2) is 6.95. The van der Waals surface area contributed by atoms with Gasteiger partial charge in [0.15, 0.2) is 5.96 Å². The fourth-order valence-corrected chi connectivity index (χ4v) is 4.80. The van der Waals surface area contributed by atoms with Crippen molar-refractivity contribution >= 4 is 5.96 Å². The lowest BCUT2D eigenvalue weighted by atomic mass is 10.1. The van der Waals surface area contributed by atoms with E-state index in [0.717, 1.165) is 31.6 Å². The Bertz CT molecular complexity index is 425. The highest BCUT2D eigenvalue weighted by Crippen LogP contribution is 2.20. The van der Waals surface area contributed by atoms with Crippen molar-refractivity contribution in [2.45, 2.75) is 31.3 Å². The molecule has 6 nitrogen and oxygen atoms in total. The van der Waals surface area contributed by atoms with Gasteiger partial charge in [-0.05, 0) is 32.4 Å². The summed E-state index contributed by atoms with van der Waals surface area (Å²) in [6.45, 7) is 12.2. The van der Waals surface area contributed by atoms with E-state index in [1.165, 1.54) is 65.1 Å². The Kier molecular flexibility index (Phi) is 4.73. The molecule has 0 aromatic rings. The van der Waals surface area contributed by atoms with Gasteiger partial charge in [0, 0.05) is 71.5 Å². The Balaban J connectivity index is 1.28. The molecule has 5 aliphatic rings. The highest BCUT2D eigenvalue weighted by molar-refractivity contribution is 5.80. The first-order valence-electron chi connectivity index (χ1n) is 9.49. The summed E-state index contributed by atoms with van der Waals surface area (Å²) in [4.78, 5) is 15.0. The van der Waals surface area contributed by atoms with Gasteiger partial charge < -0.3 is 10.2 Å². The van der Waals surface area contributed by atoms with E-state index < -0.39 is 0 Å². The van der Waals surface area contributed by atoms with Crippen molar-refractivity contribution < 1.29 is 0 Å². The quantitative estimate of drug-likeness (QED) is 0.572. The Labute approximate surface area is 140 Å². The largest absolute Gasteiger partial charge is 0.355 e. The lowest BCUT2D eigenvalue weighted by molar-refractivity contribution is 0.0152. The van der Waals surface area contributed by atoms with E-state index >= 15 is 0 Å². The number of rotatable bonds is 3. The van der Waals surface area contributed by atoms with Crippen LogP contribution in [-0.2, 0) is 0 Å². The van der Waals surface area contributed by atoms with Gasteiger partial charge in [0.05, 0.1) is 0 Å². The van der Waals surface area contributed by atoms with Gasteiger partial charge in [0.25, 0.3) is 0 Å². The van der Waals surface area contributed by atoms with Crippen LogP contribution in [-0.4, -0.2) is 110 Å². The standard InChI is InChI=1S/C17H32N6/c1-18-17(19-12-16-13-20-8-10-22(16)11-9-20)23-7-4-15(14-23)21-5-2-3-6-21/h15-16H,2-14H2,1H3,(H,18,19). The smallest absolute Gasteiger partial charge is 0.193 e. The highest BCUT2D eigenvalue weighted by atomic mass is 15.4. The fourth-order valence-electron chi connectivity index (χ4n) is 4.80. The number of nitrogens with zero attached hydrogens (tertiary/aromatic N) is 5. The van der Waals surface area contributed by atoms with E-state index in [9.17, 15) is 0 Å². The molecule has 2 bridgehead atoms. The van der Waals surface area contributed by atoms with Crippen molar-refractivity contribution in [2.75, 3.05) is 72.5 Å². The third-order valence-electron chi connectivity index (χ3n) is 6.22. The molecule has 5 fully saturated rings. The number of nitrogens with one attached hydrogen (secondary N) is 1. The summed E-state index contributed by atoms with van der Waals surface area (Å²) in [6, 6.07) is 1.41. The molecule has 0 amide bonds. The Hall–Kier alpha value is -0.850. The van der Waals surface area contributed by atoms with Crippen LogP contribution in [0.2, 0.25) is 0 Å². The summed E-state index contributed by atoms with van der Waals surface area (Å²) in [5.41, 5.74) is 0. The summed E-state index contributed by atoms with van der Waals surface area (Å²) >= 11 is 0. The van der Waals surface area contributed by atoms with Crippen molar-refractivity contribution in [3.8, 4) is 0 Å². The molecule has 5 heterocycles. The zero-order chi connectivity index (χ0) is 15.6. The SMILES string of the molecule is CN=C(NCC1CN2CCN1CC2)N1CCC(N2CCCC2)C1. The van der Waals surface area contributed by atoms with E-state index in [1.807, 2.05) is 7.05 Å². The van der Waals surface area contributed by atoms with Crippen molar-refractivity contribution in [2.24, 2.45) is 4.99 Å². The van der Waals surface area contributed by atoms with E-state index in [-0.39, 0.29) is 0 Å². The summed E-state index contributed by atoms with van der Waals surface area (Å²) in [5, 5.41) is 3.67. The number of hydrogen-bond donors (Lipinski definition) is 1. The maximum absolute atomic E-state index is 4.56. The Morgan fingerprint density at radius 2 is 1.74 bits per heavy atom. The van der Waals surface area contributed by atoms with Gasteiger partial charge in [-0.2, -0.15) is 0 Å². The number of likely N-dealkylation sites (tertiary alicyclic amines) is 2. The van der Waals surface area contributed by atoms with Crippen LogP contribution in [0.5, 0.6) is 0 Å². The van der Waals surface area contributed by atoms with Crippen molar-refractivity contribution in [1.82, 2.24) is 24.9 Å². The summed E-state index contributed by atoms with van der Waals surface area (Å²) in [6.07, 6.45) is 4.07. The molecular weight excluding hydrogens is 288 g/mol. The van der Waals surface area contributed by atoms with Crippen LogP contribution < -0.4 is 5.32 Å². The van der Waals surface area contributed by atoms with Gasteiger partial charge in [-0.25, -0.2) is 0 Å². The molecule has 5 aliphatic heterocycles. The third-order valence-corrected chi connectivity index (χ3v) is 6.22. The molecule has 6 heteroatoms. The lowest BCUT2D eigenvalue weighted by Crippen LogP contribution is -2.64. The van der Waals surface area contributed by atoms with Gasteiger partial charge in [-0.1, -0.05) is 0 Å². The first-order valence-corrected chi connectivity index (χ1v) is 9.49. The number of hydrogen-bond acceptors (Lipinski definition) is 4. The third kappa shape index (κ3) is 3.35. The second-order valence-corrected chi connectivity index (χ2v) is 7.55. The zero-order valence-electron chi connectivity index (χ0n) is 14.6. The molecule has 0 radical (unpaired) electrons. The molecule has 130 valence electrons. The lowest BCUT2D eigenvalue weighted by Gasteiger charge is -2.47. The average molecular weight is 320 g/mol. The molecule has 0 spiro atoms. The predicted octanol–water partition coefficient (Wildman–Crippen LogP) is -0.268.